The van der Waals surface area contributed by atoms with Crippen LogP contribution in [0.1, 0.15) is 28.8 Å². The van der Waals surface area contributed by atoms with Crippen molar-refractivity contribution in [1.82, 2.24) is 9.88 Å². The van der Waals surface area contributed by atoms with Crippen molar-refractivity contribution < 1.29 is 0 Å². The van der Waals surface area contributed by atoms with Crippen molar-refractivity contribution >= 4 is 10.9 Å². The molecule has 0 saturated heterocycles. The summed E-state index contributed by atoms with van der Waals surface area (Å²) in [6.45, 7) is 5.44. The lowest BCUT2D eigenvalue weighted by Crippen LogP contribution is -2.22. The van der Waals surface area contributed by atoms with Gasteiger partial charge in [0.1, 0.15) is 0 Å². The summed E-state index contributed by atoms with van der Waals surface area (Å²) in [6, 6.07) is 17.6. The first-order valence-electron chi connectivity index (χ1n) is 8.16. The van der Waals surface area contributed by atoms with E-state index in [4.69, 9.17) is 0 Å². The Bertz CT molecular complexity index is 786. The van der Waals surface area contributed by atoms with Gasteiger partial charge in [0.15, 0.2) is 0 Å². The van der Waals surface area contributed by atoms with Crippen LogP contribution in [-0.4, -0.2) is 16.4 Å². The van der Waals surface area contributed by atoms with Gasteiger partial charge in [-0.05, 0) is 49.6 Å². The molecule has 0 saturated carbocycles. The van der Waals surface area contributed by atoms with Crippen LogP contribution in [0.3, 0.4) is 0 Å². The predicted molar refractivity (Wildman–Crippen MR) is 91.9 cm³/mol. The highest BCUT2D eigenvalue weighted by atomic mass is 15.1. The third-order valence-corrected chi connectivity index (χ3v) is 4.68. The first-order valence-corrected chi connectivity index (χ1v) is 8.16. The molecule has 1 N–H and O–H groups in total. The molecule has 0 bridgehead atoms. The average molecular weight is 290 g/mol. The molecule has 0 fully saturated rings. The van der Waals surface area contributed by atoms with Crippen LogP contribution in [0.25, 0.3) is 10.9 Å². The molecule has 2 heterocycles. The van der Waals surface area contributed by atoms with Crippen LogP contribution in [0, 0.1) is 6.92 Å². The number of hydrogen-bond acceptors (Lipinski definition) is 1. The maximum Gasteiger partial charge on any atom is 0.0459 e. The van der Waals surface area contributed by atoms with Crippen LogP contribution >= 0.6 is 0 Å². The van der Waals surface area contributed by atoms with Gasteiger partial charge in [-0.2, -0.15) is 0 Å². The highest BCUT2D eigenvalue weighted by Crippen LogP contribution is 2.28. The Morgan fingerprint density at radius 1 is 1.09 bits per heavy atom. The second kappa shape index (κ2) is 5.62. The summed E-state index contributed by atoms with van der Waals surface area (Å²) >= 11 is 0. The van der Waals surface area contributed by atoms with E-state index in [0.717, 1.165) is 19.5 Å². The molecule has 2 nitrogen and oxygen atoms in total. The summed E-state index contributed by atoms with van der Waals surface area (Å²) in [7, 11) is 0. The minimum atomic E-state index is 1.04. The molecule has 0 atom stereocenters. The highest BCUT2D eigenvalue weighted by molar-refractivity contribution is 5.85. The molecule has 2 aromatic carbocycles. The summed E-state index contributed by atoms with van der Waals surface area (Å²) in [5.74, 6) is 0. The first kappa shape index (κ1) is 13.6. The number of aryl methyl sites for hydroxylation is 2. The van der Waals surface area contributed by atoms with E-state index in [1.165, 1.54) is 46.3 Å². The van der Waals surface area contributed by atoms with E-state index in [1.54, 1.807) is 0 Å². The lowest BCUT2D eigenvalue weighted by Gasteiger charge is -2.20. The normalized spacial score (nSPS) is 15.7. The SMILES string of the molecule is Cc1ccc2[nH]c3c(c2c1)CN(Cc1ccccc1)CCC3. The first-order chi connectivity index (χ1) is 10.8. The van der Waals surface area contributed by atoms with Gasteiger partial charge in [0.25, 0.3) is 0 Å². The fourth-order valence-electron chi connectivity index (χ4n) is 3.57. The fraction of sp³-hybridized carbons (Fsp3) is 0.300. The van der Waals surface area contributed by atoms with Crippen molar-refractivity contribution in [2.75, 3.05) is 6.54 Å². The van der Waals surface area contributed by atoms with Crippen molar-refractivity contribution in [1.29, 1.82) is 0 Å². The number of aromatic amines is 1. The van der Waals surface area contributed by atoms with Gasteiger partial charge < -0.3 is 4.98 Å². The third kappa shape index (κ3) is 2.55. The molecule has 1 aliphatic rings. The van der Waals surface area contributed by atoms with Crippen LogP contribution in [0.4, 0.5) is 0 Å². The molecule has 4 rings (SSSR count). The number of nitrogens with zero attached hydrogens (tertiary/aromatic N) is 1. The number of fused-ring (bicyclic) bond motifs is 3. The van der Waals surface area contributed by atoms with Crippen molar-refractivity contribution in [3.05, 3.63) is 70.9 Å². The van der Waals surface area contributed by atoms with Crippen LogP contribution in [-0.2, 0) is 19.5 Å². The van der Waals surface area contributed by atoms with E-state index < -0.39 is 0 Å². The quantitative estimate of drug-likeness (QED) is 0.740. The Labute approximate surface area is 131 Å². The number of rotatable bonds is 2. The summed E-state index contributed by atoms with van der Waals surface area (Å²) < 4.78 is 0. The number of nitrogens with one attached hydrogen (secondary N) is 1. The minimum Gasteiger partial charge on any atom is -0.358 e. The summed E-state index contributed by atoms with van der Waals surface area (Å²) in [4.78, 5) is 6.22. The predicted octanol–water partition coefficient (Wildman–Crippen LogP) is 4.42. The molecular weight excluding hydrogens is 268 g/mol. The number of hydrogen-bond donors (Lipinski definition) is 1. The molecule has 2 heteroatoms. The third-order valence-electron chi connectivity index (χ3n) is 4.68. The van der Waals surface area contributed by atoms with E-state index in [2.05, 4.69) is 65.3 Å². The fourth-order valence-corrected chi connectivity index (χ4v) is 3.57. The van der Waals surface area contributed by atoms with Gasteiger partial charge in [0.2, 0.25) is 0 Å². The maximum absolute atomic E-state index is 3.64. The average Bonchev–Trinajstić information content (AvgIpc) is 2.73. The smallest absolute Gasteiger partial charge is 0.0459 e. The number of benzene rings is 2. The van der Waals surface area contributed by atoms with Gasteiger partial charge in [0, 0.05) is 29.7 Å². The Morgan fingerprint density at radius 2 is 1.95 bits per heavy atom. The number of H-pyrrole nitrogens is 1. The van der Waals surface area contributed by atoms with Crippen LogP contribution in [0.5, 0.6) is 0 Å². The van der Waals surface area contributed by atoms with E-state index in [-0.39, 0.29) is 0 Å². The van der Waals surface area contributed by atoms with Crippen molar-refractivity contribution in [3.8, 4) is 0 Å². The van der Waals surface area contributed by atoms with Crippen molar-refractivity contribution in [3.63, 3.8) is 0 Å². The molecule has 0 spiro atoms. The molecule has 1 aliphatic heterocycles. The summed E-state index contributed by atoms with van der Waals surface area (Å²) in [5, 5.41) is 1.41. The van der Waals surface area contributed by atoms with Crippen LogP contribution < -0.4 is 0 Å². The largest absolute Gasteiger partial charge is 0.358 e. The van der Waals surface area contributed by atoms with Gasteiger partial charge >= 0.3 is 0 Å². The molecule has 1 aromatic heterocycles. The van der Waals surface area contributed by atoms with Gasteiger partial charge in [-0.25, -0.2) is 0 Å². The summed E-state index contributed by atoms with van der Waals surface area (Å²) in [6.07, 6.45) is 2.39. The van der Waals surface area contributed by atoms with Crippen molar-refractivity contribution in [2.45, 2.75) is 32.9 Å². The van der Waals surface area contributed by atoms with Gasteiger partial charge in [-0.3, -0.25) is 4.90 Å². The second-order valence-electron chi connectivity index (χ2n) is 6.43. The van der Waals surface area contributed by atoms with Crippen LogP contribution in [0.2, 0.25) is 0 Å². The molecule has 0 radical (unpaired) electrons. The monoisotopic (exact) mass is 290 g/mol. The van der Waals surface area contributed by atoms with Gasteiger partial charge in [-0.1, -0.05) is 42.0 Å². The van der Waals surface area contributed by atoms with E-state index in [9.17, 15) is 0 Å². The van der Waals surface area contributed by atoms with Crippen molar-refractivity contribution in [2.24, 2.45) is 0 Å². The van der Waals surface area contributed by atoms with Crippen LogP contribution in [0.15, 0.2) is 48.5 Å². The Morgan fingerprint density at radius 3 is 2.82 bits per heavy atom. The van der Waals surface area contributed by atoms with Gasteiger partial charge in [-0.15, -0.1) is 0 Å². The standard InChI is InChI=1S/C20H22N2/c1-15-9-10-20-17(12-15)18-14-22(11-5-8-19(18)21-20)13-16-6-3-2-4-7-16/h2-4,6-7,9-10,12,21H,5,8,11,13-14H2,1H3. The molecule has 0 aliphatic carbocycles. The Balaban J connectivity index is 1.67. The molecule has 0 unspecified atom stereocenters. The highest BCUT2D eigenvalue weighted by Gasteiger charge is 2.19. The van der Waals surface area contributed by atoms with E-state index in [1.807, 2.05) is 0 Å². The zero-order chi connectivity index (χ0) is 14.9. The molecule has 0 amide bonds. The molecular formula is C20H22N2. The molecule has 112 valence electrons. The zero-order valence-electron chi connectivity index (χ0n) is 13.1. The van der Waals surface area contributed by atoms with E-state index in [0.29, 0.717) is 0 Å². The molecule has 3 aromatic rings. The topological polar surface area (TPSA) is 19.0 Å². The summed E-state index contributed by atoms with van der Waals surface area (Å²) in [5.41, 5.74) is 6.98. The minimum absolute atomic E-state index is 1.04. The maximum atomic E-state index is 3.64. The zero-order valence-corrected chi connectivity index (χ0v) is 13.1. The van der Waals surface area contributed by atoms with Gasteiger partial charge in [0.05, 0.1) is 0 Å². The Kier molecular flexibility index (Phi) is 3.47. The lowest BCUT2D eigenvalue weighted by atomic mass is 10.1. The lowest BCUT2D eigenvalue weighted by molar-refractivity contribution is 0.262. The number of aromatic nitrogens is 1. The molecule has 22 heavy (non-hydrogen) atoms. The van der Waals surface area contributed by atoms with E-state index >= 15 is 0 Å². The Hall–Kier alpha value is -2.06. The second-order valence-corrected chi connectivity index (χ2v) is 6.43.